The second-order valence-electron chi connectivity index (χ2n) is 10.2. The Hall–Kier alpha value is -3.15. The normalized spacial score (nSPS) is 23.1. The van der Waals surface area contributed by atoms with Crippen molar-refractivity contribution in [3.05, 3.63) is 70.5 Å². The molecule has 12 heteroatoms. The second kappa shape index (κ2) is 10.8. The van der Waals surface area contributed by atoms with Crippen LogP contribution in [0.1, 0.15) is 60.3 Å². The van der Waals surface area contributed by atoms with Gasteiger partial charge in [-0.2, -0.15) is 26.3 Å². The number of piperidine rings is 1. The van der Waals surface area contributed by atoms with Gasteiger partial charge in [0.25, 0.3) is 0 Å². The van der Waals surface area contributed by atoms with Crippen LogP contribution in [-0.2, 0) is 28.5 Å². The molecule has 212 valence electrons. The molecule has 2 aromatic rings. The molecule has 1 aliphatic heterocycles. The van der Waals surface area contributed by atoms with E-state index in [0.717, 1.165) is 18.4 Å². The summed E-state index contributed by atoms with van der Waals surface area (Å²) >= 11 is 0. The Morgan fingerprint density at radius 1 is 0.923 bits per heavy atom. The first-order valence-electron chi connectivity index (χ1n) is 12.5. The molecule has 1 heterocycles. The SMILES string of the molecule is O=C(O)[C@]1(C(=O)NCc2cc(C(F)(F)F)cc(C(F)(F)F)c2)CCC(N2CCC(c3ccc(F)cc3)CC2)C1. The maximum absolute atomic E-state index is 13.2. The van der Waals surface area contributed by atoms with Gasteiger partial charge < -0.3 is 15.3 Å². The molecule has 2 aliphatic rings. The number of alkyl halides is 6. The first kappa shape index (κ1) is 28.8. The van der Waals surface area contributed by atoms with Gasteiger partial charge in [-0.1, -0.05) is 12.1 Å². The van der Waals surface area contributed by atoms with Crippen molar-refractivity contribution in [3.8, 4) is 0 Å². The molecule has 0 aromatic heterocycles. The molecule has 1 saturated heterocycles. The van der Waals surface area contributed by atoms with Crippen LogP contribution < -0.4 is 5.32 Å². The van der Waals surface area contributed by atoms with Crippen molar-refractivity contribution in [3.63, 3.8) is 0 Å². The molecule has 1 unspecified atom stereocenters. The van der Waals surface area contributed by atoms with E-state index in [9.17, 15) is 45.4 Å². The molecule has 2 N–H and O–H groups in total. The Bertz CT molecular complexity index is 1170. The van der Waals surface area contributed by atoms with E-state index in [1.54, 1.807) is 12.1 Å². The Balaban J connectivity index is 1.42. The minimum atomic E-state index is -5.04. The lowest BCUT2D eigenvalue weighted by Crippen LogP contribution is -2.47. The van der Waals surface area contributed by atoms with E-state index in [4.69, 9.17) is 0 Å². The molecule has 2 atom stereocenters. The number of nitrogens with one attached hydrogen (secondary N) is 1. The van der Waals surface area contributed by atoms with Crippen LogP contribution in [0.2, 0.25) is 0 Å². The Morgan fingerprint density at radius 3 is 2.00 bits per heavy atom. The van der Waals surface area contributed by atoms with E-state index in [0.29, 0.717) is 31.6 Å². The van der Waals surface area contributed by atoms with E-state index in [2.05, 4.69) is 10.2 Å². The number of amides is 1. The Kier molecular flexibility index (Phi) is 7.98. The number of benzene rings is 2. The van der Waals surface area contributed by atoms with Gasteiger partial charge in [0.2, 0.25) is 5.91 Å². The number of nitrogens with zero attached hydrogens (tertiary/aromatic N) is 1. The van der Waals surface area contributed by atoms with Crippen molar-refractivity contribution in [2.75, 3.05) is 13.1 Å². The van der Waals surface area contributed by atoms with Crippen LogP contribution in [0.3, 0.4) is 0 Å². The average Bonchev–Trinajstić information content (AvgIpc) is 3.34. The van der Waals surface area contributed by atoms with Crippen LogP contribution in [-0.4, -0.2) is 41.0 Å². The molecule has 0 spiro atoms. The second-order valence-corrected chi connectivity index (χ2v) is 10.2. The quantitative estimate of drug-likeness (QED) is 0.337. The molecule has 1 amide bonds. The van der Waals surface area contributed by atoms with E-state index in [1.807, 2.05) is 0 Å². The van der Waals surface area contributed by atoms with Gasteiger partial charge in [0, 0.05) is 12.6 Å². The van der Waals surface area contributed by atoms with Gasteiger partial charge in [-0.25, -0.2) is 4.39 Å². The third-order valence-corrected chi connectivity index (χ3v) is 7.82. The summed E-state index contributed by atoms with van der Waals surface area (Å²) in [5, 5.41) is 12.2. The Labute approximate surface area is 220 Å². The van der Waals surface area contributed by atoms with Crippen LogP contribution in [0, 0.1) is 11.2 Å². The molecular formula is C27H27F7N2O3. The molecule has 39 heavy (non-hydrogen) atoms. The molecule has 0 radical (unpaired) electrons. The lowest BCUT2D eigenvalue weighted by atomic mass is 9.84. The fourth-order valence-corrected chi connectivity index (χ4v) is 5.63. The number of carboxylic acid groups (broad SMARTS) is 1. The highest BCUT2D eigenvalue weighted by Crippen LogP contribution is 2.43. The summed E-state index contributed by atoms with van der Waals surface area (Å²) in [5.74, 6) is -2.42. The van der Waals surface area contributed by atoms with Gasteiger partial charge in [-0.05, 0) is 92.6 Å². The summed E-state index contributed by atoms with van der Waals surface area (Å²) in [6.45, 7) is 0.609. The highest BCUT2D eigenvalue weighted by molar-refractivity contribution is 6.02. The van der Waals surface area contributed by atoms with Crippen LogP contribution in [0.15, 0.2) is 42.5 Å². The number of hydrogen-bond donors (Lipinski definition) is 2. The van der Waals surface area contributed by atoms with Crippen molar-refractivity contribution in [2.24, 2.45) is 5.41 Å². The number of likely N-dealkylation sites (tertiary alicyclic amines) is 1. The van der Waals surface area contributed by atoms with E-state index in [1.165, 1.54) is 12.1 Å². The van der Waals surface area contributed by atoms with E-state index in [-0.39, 0.29) is 36.7 Å². The number of carboxylic acids is 1. The van der Waals surface area contributed by atoms with E-state index >= 15 is 0 Å². The van der Waals surface area contributed by atoms with Crippen molar-refractivity contribution in [2.45, 2.75) is 63.0 Å². The van der Waals surface area contributed by atoms with Gasteiger partial charge in [0.1, 0.15) is 11.2 Å². The summed E-state index contributed by atoms with van der Waals surface area (Å²) in [7, 11) is 0. The number of aliphatic carboxylic acids is 1. The highest BCUT2D eigenvalue weighted by Gasteiger charge is 2.53. The number of carbonyl (C=O) groups is 2. The summed E-state index contributed by atoms with van der Waals surface area (Å²) in [5.41, 5.74) is -4.29. The summed E-state index contributed by atoms with van der Waals surface area (Å²) in [4.78, 5) is 27.4. The first-order valence-corrected chi connectivity index (χ1v) is 12.5. The summed E-state index contributed by atoms with van der Waals surface area (Å²) in [6, 6.07) is 7.08. The monoisotopic (exact) mass is 560 g/mol. The largest absolute Gasteiger partial charge is 0.480 e. The molecule has 2 fully saturated rings. The zero-order chi connectivity index (χ0) is 28.6. The smallest absolute Gasteiger partial charge is 0.416 e. The van der Waals surface area contributed by atoms with Crippen LogP contribution in [0.25, 0.3) is 0 Å². The van der Waals surface area contributed by atoms with Crippen LogP contribution in [0.4, 0.5) is 30.7 Å². The predicted octanol–water partition coefficient (Wildman–Crippen LogP) is 5.98. The Morgan fingerprint density at radius 2 is 1.49 bits per heavy atom. The first-order chi connectivity index (χ1) is 18.2. The van der Waals surface area contributed by atoms with E-state index < -0.39 is 52.9 Å². The zero-order valence-electron chi connectivity index (χ0n) is 20.7. The number of hydrogen-bond acceptors (Lipinski definition) is 3. The number of carbonyl (C=O) groups excluding carboxylic acids is 1. The van der Waals surface area contributed by atoms with Crippen molar-refractivity contribution in [1.29, 1.82) is 0 Å². The molecule has 1 aliphatic carbocycles. The zero-order valence-corrected chi connectivity index (χ0v) is 20.7. The molecule has 4 rings (SSSR count). The highest BCUT2D eigenvalue weighted by atomic mass is 19.4. The average molecular weight is 561 g/mol. The van der Waals surface area contributed by atoms with Gasteiger partial charge in [0.15, 0.2) is 0 Å². The number of halogens is 7. The van der Waals surface area contributed by atoms with Crippen LogP contribution in [0.5, 0.6) is 0 Å². The number of rotatable bonds is 6. The fourth-order valence-electron chi connectivity index (χ4n) is 5.63. The van der Waals surface area contributed by atoms with Crippen LogP contribution >= 0.6 is 0 Å². The van der Waals surface area contributed by atoms with Gasteiger partial charge >= 0.3 is 18.3 Å². The molecule has 5 nitrogen and oxygen atoms in total. The van der Waals surface area contributed by atoms with Crippen molar-refractivity contribution < 1.29 is 45.4 Å². The minimum Gasteiger partial charge on any atom is -0.480 e. The third kappa shape index (κ3) is 6.37. The lowest BCUT2D eigenvalue weighted by Gasteiger charge is -2.36. The van der Waals surface area contributed by atoms with Gasteiger partial charge in [-0.15, -0.1) is 0 Å². The third-order valence-electron chi connectivity index (χ3n) is 7.82. The van der Waals surface area contributed by atoms with Gasteiger partial charge in [-0.3, -0.25) is 9.59 Å². The summed E-state index contributed by atoms with van der Waals surface area (Å²) < 4.78 is 92.1. The maximum Gasteiger partial charge on any atom is 0.416 e. The van der Waals surface area contributed by atoms with Gasteiger partial charge in [0.05, 0.1) is 11.1 Å². The maximum atomic E-state index is 13.2. The molecule has 1 saturated carbocycles. The molecule has 2 aromatic carbocycles. The topological polar surface area (TPSA) is 69.6 Å². The standard InChI is InChI=1S/C27H27F7N2O3/c28-21-3-1-17(2-4-21)18-6-9-36(10-7-18)22-5-8-25(14-22,24(38)39)23(37)35-15-16-11-19(26(29,30)31)13-20(12-16)27(32,33)34/h1-4,11-13,18,22H,5-10,14-15H2,(H,35,37)(H,38,39)/t22?,25-/m1/s1. The minimum absolute atomic E-state index is 0.00683. The predicted molar refractivity (Wildman–Crippen MR) is 126 cm³/mol. The fraction of sp³-hybridized carbons (Fsp3) is 0.481. The lowest BCUT2D eigenvalue weighted by molar-refractivity contribution is -0.156. The summed E-state index contributed by atoms with van der Waals surface area (Å²) in [6.07, 6.45) is -8.16. The van der Waals surface area contributed by atoms with Crippen molar-refractivity contribution in [1.82, 2.24) is 10.2 Å². The molecular weight excluding hydrogens is 533 g/mol. The van der Waals surface area contributed by atoms with Crippen molar-refractivity contribution >= 4 is 11.9 Å². The molecule has 0 bridgehead atoms.